The van der Waals surface area contributed by atoms with Gasteiger partial charge in [0.2, 0.25) is 0 Å². The summed E-state index contributed by atoms with van der Waals surface area (Å²) < 4.78 is 5.35. The lowest BCUT2D eigenvalue weighted by Gasteiger charge is -2.08. The first kappa shape index (κ1) is 18.1. The van der Waals surface area contributed by atoms with Gasteiger partial charge >= 0.3 is 0 Å². The number of rotatable bonds is 5. The van der Waals surface area contributed by atoms with Crippen LogP contribution in [0.4, 0.5) is 5.69 Å². The van der Waals surface area contributed by atoms with Crippen LogP contribution in [-0.4, -0.2) is 12.0 Å². The summed E-state index contributed by atoms with van der Waals surface area (Å²) in [6, 6.07) is 17.3. The highest BCUT2D eigenvalue weighted by atomic mass is 35.5. The number of nitriles is 2. The number of anilines is 1. The summed E-state index contributed by atoms with van der Waals surface area (Å²) in [6.07, 6.45) is 0.904. The van der Waals surface area contributed by atoms with Crippen LogP contribution in [0.2, 0.25) is 5.02 Å². The van der Waals surface area contributed by atoms with Gasteiger partial charge in [0.05, 0.1) is 10.7 Å². The topological polar surface area (TPSA) is 85.9 Å². The lowest BCUT2D eigenvalue weighted by molar-refractivity contribution is -0.112. The zero-order valence-electron chi connectivity index (χ0n) is 13.4. The van der Waals surface area contributed by atoms with Crippen LogP contribution in [-0.2, 0) is 4.79 Å². The molecule has 0 saturated carbocycles. The molecule has 0 saturated heterocycles. The molecule has 0 fully saturated rings. The molecule has 0 bridgehead atoms. The molecule has 124 valence electrons. The van der Waals surface area contributed by atoms with Gasteiger partial charge in [-0.1, -0.05) is 35.9 Å². The maximum Gasteiger partial charge on any atom is 0.266 e. The number of hydrogen-bond donors (Lipinski definition) is 1. The molecule has 0 heterocycles. The van der Waals surface area contributed by atoms with Crippen LogP contribution in [0.1, 0.15) is 12.5 Å². The average molecular weight is 352 g/mol. The van der Waals surface area contributed by atoms with Crippen molar-refractivity contribution in [2.75, 3.05) is 5.32 Å². The van der Waals surface area contributed by atoms with E-state index in [-0.39, 0.29) is 5.57 Å². The van der Waals surface area contributed by atoms with E-state index >= 15 is 0 Å². The van der Waals surface area contributed by atoms with E-state index in [0.717, 1.165) is 0 Å². The van der Waals surface area contributed by atoms with Crippen LogP contribution in [0.15, 0.2) is 54.1 Å². The summed E-state index contributed by atoms with van der Waals surface area (Å²) >= 11 is 5.99. The molecule has 5 nitrogen and oxygen atoms in total. The predicted molar refractivity (Wildman–Crippen MR) is 95.8 cm³/mol. The van der Waals surface area contributed by atoms with Crippen LogP contribution in [0, 0.1) is 22.7 Å². The minimum Gasteiger partial charge on any atom is -0.476 e. The van der Waals surface area contributed by atoms with Crippen LogP contribution in [0.5, 0.6) is 5.75 Å². The van der Waals surface area contributed by atoms with Gasteiger partial charge in [-0.25, -0.2) is 0 Å². The van der Waals surface area contributed by atoms with Gasteiger partial charge in [-0.05, 0) is 42.8 Å². The third-order valence-corrected chi connectivity index (χ3v) is 3.50. The molecule has 0 spiro atoms. The van der Waals surface area contributed by atoms with Crippen molar-refractivity contribution in [2.45, 2.75) is 13.0 Å². The molecule has 1 amide bonds. The number of benzene rings is 2. The van der Waals surface area contributed by atoms with Gasteiger partial charge in [0.1, 0.15) is 23.5 Å². The molecular weight excluding hydrogens is 338 g/mol. The van der Waals surface area contributed by atoms with Crippen LogP contribution in [0.25, 0.3) is 6.08 Å². The van der Waals surface area contributed by atoms with E-state index < -0.39 is 12.0 Å². The van der Waals surface area contributed by atoms with Crippen molar-refractivity contribution < 1.29 is 9.53 Å². The van der Waals surface area contributed by atoms with Crippen LogP contribution < -0.4 is 10.1 Å². The van der Waals surface area contributed by atoms with E-state index in [1.165, 1.54) is 6.08 Å². The third kappa shape index (κ3) is 5.10. The van der Waals surface area contributed by atoms with Gasteiger partial charge < -0.3 is 10.1 Å². The highest BCUT2D eigenvalue weighted by molar-refractivity contribution is 6.34. The Morgan fingerprint density at radius 1 is 1.20 bits per heavy atom. The van der Waals surface area contributed by atoms with Gasteiger partial charge in [-0.2, -0.15) is 10.5 Å². The van der Waals surface area contributed by atoms with Crippen LogP contribution >= 0.6 is 11.6 Å². The summed E-state index contributed by atoms with van der Waals surface area (Å²) in [4.78, 5) is 12.2. The number of hydrogen-bond acceptors (Lipinski definition) is 4. The second kappa shape index (κ2) is 8.54. The number of nitrogens with one attached hydrogen (secondary N) is 1. The van der Waals surface area contributed by atoms with Crippen molar-refractivity contribution >= 4 is 29.3 Å². The average Bonchev–Trinajstić information content (AvgIpc) is 2.62. The normalized spacial score (nSPS) is 11.8. The van der Waals surface area contributed by atoms with Gasteiger partial charge in [-0.15, -0.1) is 0 Å². The molecule has 2 aromatic rings. The van der Waals surface area contributed by atoms with Crippen molar-refractivity contribution in [3.05, 3.63) is 64.7 Å². The van der Waals surface area contributed by atoms with Crippen molar-refractivity contribution in [3.63, 3.8) is 0 Å². The Balaban J connectivity index is 2.14. The summed E-state index contributed by atoms with van der Waals surface area (Å²) in [5, 5.41) is 21.0. The summed E-state index contributed by atoms with van der Waals surface area (Å²) in [7, 11) is 0. The molecule has 2 aromatic carbocycles. The maximum atomic E-state index is 12.2. The van der Waals surface area contributed by atoms with Crippen molar-refractivity contribution in [1.29, 1.82) is 10.5 Å². The SMILES string of the molecule is CC(C#N)Oc1ccc(/C=C(\C#N)C(=O)Nc2ccccc2Cl)cc1. The number of para-hydroxylation sites is 1. The lowest BCUT2D eigenvalue weighted by Crippen LogP contribution is -2.13. The molecule has 1 atom stereocenters. The van der Waals surface area contributed by atoms with Gasteiger partial charge in [0.25, 0.3) is 5.91 Å². The number of amides is 1. The number of ether oxygens (including phenoxy) is 1. The van der Waals surface area contributed by atoms with E-state index in [0.29, 0.717) is 22.0 Å². The molecule has 0 aliphatic rings. The van der Waals surface area contributed by atoms with Crippen molar-refractivity contribution in [3.8, 4) is 17.9 Å². The Labute approximate surface area is 150 Å². The quantitative estimate of drug-likeness (QED) is 0.646. The zero-order valence-corrected chi connectivity index (χ0v) is 14.1. The molecule has 0 aliphatic carbocycles. The largest absolute Gasteiger partial charge is 0.476 e. The van der Waals surface area contributed by atoms with Gasteiger partial charge in [0, 0.05) is 0 Å². The molecule has 6 heteroatoms. The van der Waals surface area contributed by atoms with E-state index in [1.807, 2.05) is 12.1 Å². The lowest BCUT2D eigenvalue weighted by atomic mass is 10.1. The monoisotopic (exact) mass is 351 g/mol. The molecule has 0 aliphatic heterocycles. The van der Waals surface area contributed by atoms with Gasteiger partial charge in [0.15, 0.2) is 6.10 Å². The zero-order chi connectivity index (χ0) is 18.2. The predicted octanol–water partition coefficient (Wildman–Crippen LogP) is 4.18. The van der Waals surface area contributed by atoms with E-state index in [2.05, 4.69) is 5.32 Å². The fourth-order valence-electron chi connectivity index (χ4n) is 1.94. The van der Waals surface area contributed by atoms with E-state index in [9.17, 15) is 10.1 Å². The van der Waals surface area contributed by atoms with Crippen LogP contribution in [0.3, 0.4) is 0 Å². The second-order valence-corrected chi connectivity index (χ2v) is 5.47. The Morgan fingerprint density at radius 2 is 1.88 bits per heavy atom. The fraction of sp³-hybridized carbons (Fsp3) is 0.105. The Morgan fingerprint density at radius 3 is 2.48 bits per heavy atom. The molecule has 2 rings (SSSR count). The first-order chi connectivity index (χ1) is 12.0. The standard InChI is InChI=1S/C19H14ClN3O2/c1-13(11-21)25-16-8-6-14(7-9-16)10-15(12-22)19(24)23-18-5-3-2-4-17(18)20/h2-10,13H,1H3,(H,23,24)/b15-10+. The molecule has 1 N–H and O–H groups in total. The number of halogens is 1. The van der Waals surface area contributed by atoms with E-state index in [1.54, 1.807) is 55.5 Å². The first-order valence-corrected chi connectivity index (χ1v) is 7.75. The Hall–Kier alpha value is -3.28. The number of nitrogens with zero attached hydrogens (tertiary/aromatic N) is 2. The Bertz CT molecular complexity index is 877. The molecule has 0 aromatic heterocycles. The smallest absolute Gasteiger partial charge is 0.266 e. The molecule has 1 unspecified atom stereocenters. The molecular formula is C19H14ClN3O2. The van der Waals surface area contributed by atoms with Gasteiger partial charge in [-0.3, -0.25) is 4.79 Å². The van der Waals surface area contributed by atoms with E-state index in [4.69, 9.17) is 21.6 Å². The summed E-state index contributed by atoms with van der Waals surface area (Å²) in [5.41, 5.74) is 1.03. The fourth-order valence-corrected chi connectivity index (χ4v) is 2.12. The van der Waals surface area contributed by atoms with Crippen molar-refractivity contribution in [2.24, 2.45) is 0 Å². The third-order valence-electron chi connectivity index (χ3n) is 3.17. The maximum absolute atomic E-state index is 12.2. The highest BCUT2D eigenvalue weighted by Gasteiger charge is 2.11. The molecule has 25 heavy (non-hydrogen) atoms. The molecule has 0 radical (unpaired) electrons. The van der Waals surface area contributed by atoms with Crippen molar-refractivity contribution in [1.82, 2.24) is 0 Å². The second-order valence-electron chi connectivity index (χ2n) is 5.06. The first-order valence-electron chi connectivity index (χ1n) is 7.37. The summed E-state index contributed by atoms with van der Waals surface area (Å²) in [6.45, 7) is 1.64. The highest BCUT2D eigenvalue weighted by Crippen LogP contribution is 2.21. The Kier molecular flexibility index (Phi) is 6.17. The minimum absolute atomic E-state index is 0.0565. The minimum atomic E-state index is -0.558. The number of carbonyl (C=O) groups is 1. The summed E-state index contributed by atoms with van der Waals surface area (Å²) in [5.74, 6) is -0.0146. The number of carbonyl (C=O) groups excluding carboxylic acids is 1.